The van der Waals surface area contributed by atoms with Crippen molar-refractivity contribution in [1.82, 2.24) is 10.2 Å². The topological polar surface area (TPSA) is 41.6 Å². The summed E-state index contributed by atoms with van der Waals surface area (Å²) < 4.78 is 5.51. The number of carbonyl (C=O) groups excluding carboxylic acids is 1. The van der Waals surface area contributed by atoms with E-state index in [-0.39, 0.29) is 17.4 Å². The fourth-order valence-electron chi connectivity index (χ4n) is 6.32. The molecule has 4 aliphatic carbocycles. The van der Waals surface area contributed by atoms with Crippen LogP contribution in [0.1, 0.15) is 38.5 Å². The van der Waals surface area contributed by atoms with Crippen LogP contribution in [0.25, 0.3) is 0 Å². The van der Waals surface area contributed by atoms with Crippen LogP contribution in [0.15, 0.2) is 0 Å². The van der Waals surface area contributed by atoms with Gasteiger partial charge in [0.2, 0.25) is 5.91 Å². The fraction of sp³-hybridized carbons (Fsp3) is 0.941. The van der Waals surface area contributed by atoms with Gasteiger partial charge in [0.1, 0.15) is 0 Å². The van der Waals surface area contributed by atoms with E-state index in [1.54, 1.807) is 7.05 Å². The third kappa shape index (κ3) is 2.31. The van der Waals surface area contributed by atoms with Gasteiger partial charge in [-0.05, 0) is 61.7 Å². The zero-order chi connectivity index (χ0) is 14.4. The second-order valence-corrected chi connectivity index (χ2v) is 7.95. The van der Waals surface area contributed by atoms with E-state index in [0.717, 1.165) is 44.1 Å². The molecule has 118 valence electrons. The zero-order valence-corrected chi connectivity index (χ0v) is 13.1. The summed E-state index contributed by atoms with van der Waals surface area (Å²) in [5.74, 6) is 2.93. The van der Waals surface area contributed by atoms with Crippen LogP contribution >= 0.6 is 0 Å². The van der Waals surface area contributed by atoms with Gasteiger partial charge in [-0.15, -0.1) is 0 Å². The number of ether oxygens (including phenoxy) is 1. The number of carbonyl (C=O) groups is 1. The highest BCUT2D eigenvalue weighted by Crippen LogP contribution is 2.62. The molecule has 21 heavy (non-hydrogen) atoms. The minimum Gasteiger partial charge on any atom is -0.379 e. The van der Waals surface area contributed by atoms with Crippen LogP contribution in [0.3, 0.4) is 0 Å². The van der Waals surface area contributed by atoms with Crippen LogP contribution < -0.4 is 5.32 Å². The van der Waals surface area contributed by atoms with Crippen LogP contribution in [-0.4, -0.2) is 50.2 Å². The summed E-state index contributed by atoms with van der Waals surface area (Å²) in [6.07, 6.45) is 8.16. The number of hydrogen-bond acceptors (Lipinski definition) is 3. The quantitative estimate of drug-likeness (QED) is 0.860. The van der Waals surface area contributed by atoms with Crippen LogP contribution in [0.2, 0.25) is 0 Å². The van der Waals surface area contributed by atoms with Crippen molar-refractivity contribution in [3.63, 3.8) is 0 Å². The third-order valence-corrected chi connectivity index (χ3v) is 6.57. The summed E-state index contributed by atoms with van der Waals surface area (Å²) in [5.41, 5.74) is 0.256. The molecule has 5 aliphatic rings. The predicted octanol–water partition coefficient (Wildman–Crippen LogP) is 1.65. The Hall–Kier alpha value is -0.610. The van der Waals surface area contributed by atoms with Crippen LogP contribution in [0.5, 0.6) is 0 Å². The van der Waals surface area contributed by atoms with E-state index in [0.29, 0.717) is 0 Å². The molecule has 0 aromatic carbocycles. The lowest BCUT2D eigenvalue weighted by atomic mass is 9.47. The lowest BCUT2D eigenvalue weighted by Crippen LogP contribution is -2.63. The van der Waals surface area contributed by atoms with Gasteiger partial charge in [0, 0.05) is 20.1 Å². The molecule has 1 saturated heterocycles. The van der Waals surface area contributed by atoms with Crippen molar-refractivity contribution in [3.05, 3.63) is 0 Å². The molecule has 0 spiro atoms. The average Bonchev–Trinajstić information content (AvgIpc) is 2.46. The molecule has 1 atom stereocenters. The van der Waals surface area contributed by atoms with Gasteiger partial charge in [-0.2, -0.15) is 0 Å². The van der Waals surface area contributed by atoms with Crippen molar-refractivity contribution in [2.75, 3.05) is 33.4 Å². The Morgan fingerprint density at radius 3 is 2.10 bits per heavy atom. The summed E-state index contributed by atoms with van der Waals surface area (Å²) in [4.78, 5) is 15.2. The van der Waals surface area contributed by atoms with Crippen LogP contribution in [0.4, 0.5) is 0 Å². The Morgan fingerprint density at radius 1 is 1.10 bits per heavy atom. The van der Waals surface area contributed by atoms with Crippen molar-refractivity contribution in [3.8, 4) is 0 Å². The van der Waals surface area contributed by atoms with Crippen molar-refractivity contribution < 1.29 is 9.53 Å². The molecule has 1 unspecified atom stereocenters. The number of hydrogen-bond donors (Lipinski definition) is 1. The summed E-state index contributed by atoms with van der Waals surface area (Å²) in [7, 11) is 1.80. The first kappa shape index (κ1) is 14.0. The number of morpholine rings is 1. The highest BCUT2D eigenvalue weighted by atomic mass is 16.5. The molecule has 1 N–H and O–H groups in total. The van der Waals surface area contributed by atoms with Crippen molar-refractivity contribution in [2.24, 2.45) is 23.2 Å². The van der Waals surface area contributed by atoms with Crippen molar-refractivity contribution in [1.29, 1.82) is 0 Å². The smallest absolute Gasteiger partial charge is 0.237 e. The van der Waals surface area contributed by atoms with Crippen molar-refractivity contribution >= 4 is 5.91 Å². The van der Waals surface area contributed by atoms with E-state index < -0.39 is 0 Å². The molecule has 0 radical (unpaired) electrons. The highest BCUT2D eigenvalue weighted by Gasteiger charge is 2.57. The Kier molecular flexibility index (Phi) is 3.49. The number of rotatable bonds is 3. The summed E-state index contributed by atoms with van der Waals surface area (Å²) >= 11 is 0. The van der Waals surface area contributed by atoms with E-state index in [9.17, 15) is 4.79 Å². The monoisotopic (exact) mass is 292 g/mol. The molecule has 4 nitrogen and oxygen atoms in total. The molecule has 4 bridgehead atoms. The minimum atomic E-state index is 0.0831. The summed E-state index contributed by atoms with van der Waals surface area (Å²) in [6.45, 7) is 3.39. The molecule has 1 heterocycles. The average molecular weight is 292 g/mol. The predicted molar refractivity (Wildman–Crippen MR) is 80.9 cm³/mol. The highest BCUT2D eigenvalue weighted by molar-refractivity contribution is 5.82. The number of nitrogens with one attached hydrogen (secondary N) is 1. The molecule has 5 rings (SSSR count). The normalized spacial score (nSPS) is 43.8. The molecular formula is C17H28N2O2. The molecule has 4 saturated carbocycles. The molecular weight excluding hydrogens is 264 g/mol. The molecule has 1 aliphatic heterocycles. The SMILES string of the molecule is CNC(=O)C(N1CCOCC1)C12CC3CC(CC(C3)C1)C2. The first-order valence-electron chi connectivity index (χ1n) is 8.73. The van der Waals surface area contributed by atoms with Crippen LogP contribution in [-0.2, 0) is 9.53 Å². The second-order valence-electron chi connectivity index (χ2n) is 7.95. The second kappa shape index (κ2) is 5.24. The summed E-state index contributed by atoms with van der Waals surface area (Å²) in [6, 6.07) is 0.0831. The van der Waals surface area contributed by atoms with Gasteiger partial charge in [-0.1, -0.05) is 0 Å². The fourth-order valence-corrected chi connectivity index (χ4v) is 6.32. The Bertz CT molecular complexity index is 382. The largest absolute Gasteiger partial charge is 0.379 e. The van der Waals surface area contributed by atoms with Gasteiger partial charge in [-0.3, -0.25) is 9.69 Å². The van der Waals surface area contributed by atoms with E-state index >= 15 is 0 Å². The van der Waals surface area contributed by atoms with Gasteiger partial charge in [0.25, 0.3) is 0 Å². The van der Waals surface area contributed by atoms with Gasteiger partial charge in [0.05, 0.1) is 19.3 Å². The Balaban J connectivity index is 1.64. The lowest BCUT2D eigenvalue weighted by molar-refractivity contribution is -0.150. The van der Waals surface area contributed by atoms with Gasteiger partial charge < -0.3 is 10.1 Å². The Labute approximate surface area is 127 Å². The lowest BCUT2D eigenvalue weighted by Gasteiger charge is -2.60. The van der Waals surface area contributed by atoms with E-state index in [4.69, 9.17) is 4.74 Å². The number of likely N-dealkylation sites (N-methyl/N-ethyl adjacent to an activating group) is 1. The van der Waals surface area contributed by atoms with Gasteiger partial charge >= 0.3 is 0 Å². The standard InChI is InChI=1S/C17H28N2O2/c1-18-16(20)15(19-2-4-21-5-3-19)17-9-12-6-13(10-17)8-14(7-12)11-17/h12-15H,2-11H2,1H3,(H,18,20). The Morgan fingerprint density at radius 2 is 1.62 bits per heavy atom. The van der Waals surface area contributed by atoms with E-state index in [2.05, 4.69) is 10.2 Å². The maximum Gasteiger partial charge on any atom is 0.237 e. The van der Waals surface area contributed by atoms with E-state index in [1.807, 2.05) is 0 Å². The number of nitrogens with zero attached hydrogens (tertiary/aromatic N) is 1. The minimum absolute atomic E-state index is 0.0831. The van der Waals surface area contributed by atoms with Crippen molar-refractivity contribution in [2.45, 2.75) is 44.6 Å². The van der Waals surface area contributed by atoms with Gasteiger partial charge in [0.15, 0.2) is 0 Å². The van der Waals surface area contributed by atoms with E-state index in [1.165, 1.54) is 38.5 Å². The molecule has 5 fully saturated rings. The molecule has 0 aromatic heterocycles. The first-order chi connectivity index (χ1) is 10.2. The molecule has 4 heteroatoms. The third-order valence-electron chi connectivity index (χ3n) is 6.57. The number of amides is 1. The first-order valence-corrected chi connectivity index (χ1v) is 8.73. The zero-order valence-electron chi connectivity index (χ0n) is 13.1. The maximum atomic E-state index is 12.7. The molecule has 0 aromatic rings. The van der Waals surface area contributed by atoms with Crippen LogP contribution in [0, 0.1) is 23.2 Å². The maximum absolute atomic E-state index is 12.7. The molecule has 1 amide bonds. The summed E-state index contributed by atoms with van der Waals surface area (Å²) in [5, 5.41) is 2.97. The van der Waals surface area contributed by atoms with Gasteiger partial charge in [-0.25, -0.2) is 0 Å².